The van der Waals surface area contributed by atoms with Crippen LogP contribution < -0.4 is 0 Å². The molecule has 0 heterocycles. The summed E-state index contributed by atoms with van der Waals surface area (Å²) in [6, 6.07) is 0. The van der Waals surface area contributed by atoms with Gasteiger partial charge >= 0.3 is 0 Å². The summed E-state index contributed by atoms with van der Waals surface area (Å²) in [4.78, 5) is 0. The average Bonchev–Trinajstić information content (AvgIpc) is 1.64. The highest BCUT2D eigenvalue weighted by Crippen LogP contribution is 2.04. The minimum Gasteiger partial charge on any atom is -0.596 e. The van der Waals surface area contributed by atoms with Crippen LogP contribution >= 0.6 is 11.6 Å². The second-order valence-corrected chi connectivity index (χ2v) is 2.13. The second kappa shape index (κ2) is 3.51. The lowest BCUT2D eigenvalue weighted by atomic mass is 10.2. The molecule has 3 heteroatoms. The predicted octanol–water partition coefficient (Wildman–Crippen LogP) is 1.26. The fourth-order valence-corrected chi connectivity index (χ4v) is 0.883. The minimum absolute atomic E-state index is 0.269. The van der Waals surface area contributed by atoms with Crippen molar-refractivity contribution in [2.24, 2.45) is 0 Å². The molecule has 0 amide bonds. The third kappa shape index (κ3) is 2.51. The van der Waals surface area contributed by atoms with E-state index in [1.165, 1.54) is 0 Å². The molecule has 2 nitrogen and oxygen atoms in total. The van der Waals surface area contributed by atoms with Gasteiger partial charge in [-0.25, -0.2) is 0 Å². The van der Waals surface area contributed by atoms with Gasteiger partial charge < -0.3 is 10.5 Å². The Bertz CT molecular complexity index is 147. The standard InChI is InChI=1S/C6H10ClNO/c1-4(8)6(3-7)5(2)9/h8-9H,3H2,1-2H3/p+1/b6-5-,8-4?. The van der Waals surface area contributed by atoms with E-state index in [1.807, 2.05) is 0 Å². The first kappa shape index (κ1) is 8.50. The van der Waals surface area contributed by atoms with Crippen LogP contribution in [0.5, 0.6) is 0 Å². The van der Waals surface area contributed by atoms with Crippen molar-refractivity contribution < 1.29 is 5.11 Å². The maximum Gasteiger partial charge on any atom is 0.231 e. The number of alkyl halides is 1. The van der Waals surface area contributed by atoms with Gasteiger partial charge in [-0.05, 0) is 6.92 Å². The number of nitrogens with one attached hydrogen (secondary N) is 1. The first-order chi connectivity index (χ1) is 4.09. The van der Waals surface area contributed by atoms with E-state index in [9.17, 15) is 0 Å². The smallest absolute Gasteiger partial charge is 0.231 e. The highest BCUT2D eigenvalue weighted by molar-refractivity contribution is 6.23. The molecule has 0 aliphatic heterocycles. The van der Waals surface area contributed by atoms with Crippen molar-refractivity contribution in [3.8, 4) is 0 Å². The summed E-state index contributed by atoms with van der Waals surface area (Å²) in [5.74, 6) is 0.655. The molecule has 0 spiro atoms. The Morgan fingerprint density at radius 1 is 1.56 bits per heavy atom. The lowest BCUT2D eigenvalue weighted by molar-refractivity contribution is 0.410. The molecule has 0 aromatic carbocycles. The topological polar surface area (TPSA) is 46.8 Å². The first-order valence-electron chi connectivity index (χ1n) is 2.62. The molecule has 52 valence electrons. The maximum absolute atomic E-state index is 7.12. The molecule has 0 radical (unpaired) electrons. The normalized spacial score (nSPS) is 12.8. The molecular weight excluding hydrogens is 138 g/mol. The Kier molecular flexibility index (Phi) is 3.32. The van der Waals surface area contributed by atoms with Gasteiger partial charge in [-0.15, -0.1) is 11.6 Å². The third-order valence-corrected chi connectivity index (χ3v) is 1.31. The molecule has 0 aliphatic rings. The van der Waals surface area contributed by atoms with E-state index in [0.717, 1.165) is 0 Å². The van der Waals surface area contributed by atoms with Gasteiger partial charge in [-0.2, -0.15) is 0 Å². The van der Waals surface area contributed by atoms with Gasteiger partial charge in [-0.3, -0.25) is 0 Å². The summed E-state index contributed by atoms with van der Waals surface area (Å²) in [6.07, 6.45) is 0. The van der Waals surface area contributed by atoms with E-state index < -0.39 is 0 Å². The first-order valence-corrected chi connectivity index (χ1v) is 3.16. The van der Waals surface area contributed by atoms with Crippen LogP contribution in [-0.4, -0.2) is 16.7 Å². The number of hydrogen-bond donors (Lipinski definition) is 1. The molecule has 0 saturated heterocycles. The zero-order valence-corrected chi connectivity index (χ0v) is 6.34. The average molecular weight is 149 g/mol. The molecule has 0 fully saturated rings. The van der Waals surface area contributed by atoms with Crippen molar-refractivity contribution in [3.05, 3.63) is 11.3 Å². The summed E-state index contributed by atoms with van der Waals surface area (Å²) in [6.45, 7) is 3.27. The van der Waals surface area contributed by atoms with Crippen LogP contribution in [0.4, 0.5) is 0 Å². The molecule has 3 N–H and O–H groups in total. The number of hydrogen-bond acceptors (Lipinski definition) is 1. The van der Waals surface area contributed by atoms with Gasteiger partial charge in [0.15, 0.2) is 0 Å². The van der Waals surface area contributed by atoms with Crippen molar-refractivity contribution in [1.29, 1.82) is 5.41 Å². The van der Waals surface area contributed by atoms with Crippen LogP contribution in [0, 0.1) is 5.41 Å². The third-order valence-electron chi connectivity index (χ3n) is 1.04. The van der Waals surface area contributed by atoms with Crippen LogP contribution in [0.3, 0.4) is 0 Å². The molecule has 0 aromatic rings. The molecule has 9 heavy (non-hydrogen) atoms. The van der Waals surface area contributed by atoms with Gasteiger partial charge in [0.2, 0.25) is 5.76 Å². The molecule has 0 aromatic heterocycles. The van der Waals surface area contributed by atoms with Crippen LogP contribution in [0.25, 0.3) is 0 Å². The van der Waals surface area contributed by atoms with Crippen molar-refractivity contribution in [1.82, 2.24) is 0 Å². The SMILES string of the molecule is CC(=N)/C(CCl)=C(/C)[OH2+]. The molecule has 0 rings (SSSR count). The van der Waals surface area contributed by atoms with Gasteiger partial charge in [0.05, 0.1) is 11.5 Å². The maximum atomic E-state index is 7.12. The van der Waals surface area contributed by atoms with E-state index in [-0.39, 0.29) is 5.88 Å². The molecule has 0 saturated carbocycles. The van der Waals surface area contributed by atoms with Crippen molar-refractivity contribution >= 4 is 17.3 Å². The Morgan fingerprint density at radius 3 is 2.00 bits per heavy atom. The Labute approximate surface area is 59.7 Å². The number of halogens is 1. The lowest BCUT2D eigenvalue weighted by Crippen LogP contribution is -1.99. The van der Waals surface area contributed by atoms with Crippen LogP contribution in [0.15, 0.2) is 11.3 Å². The molecular formula is C6H11ClNO+. The predicted molar refractivity (Wildman–Crippen MR) is 40.4 cm³/mol. The second-order valence-electron chi connectivity index (χ2n) is 1.86. The van der Waals surface area contributed by atoms with E-state index in [2.05, 4.69) is 0 Å². The van der Waals surface area contributed by atoms with Gasteiger partial charge in [0.1, 0.15) is 0 Å². The van der Waals surface area contributed by atoms with Gasteiger partial charge in [-0.1, -0.05) is 0 Å². The van der Waals surface area contributed by atoms with E-state index >= 15 is 0 Å². The van der Waals surface area contributed by atoms with Crippen LogP contribution in [0.1, 0.15) is 13.8 Å². The summed E-state index contributed by atoms with van der Waals surface area (Å²) in [5, 5.41) is 14.2. The fraction of sp³-hybridized carbons (Fsp3) is 0.500. The summed E-state index contributed by atoms with van der Waals surface area (Å²) < 4.78 is 0. The molecule has 0 bridgehead atoms. The Hall–Kier alpha value is -0.500. The molecule has 0 atom stereocenters. The molecule has 0 unspecified atom stereocenters. The largest absolute Gasteiger partial charge is 0.596 e. The van der Waals surface area contributed by atoms with Crippen molar-refractivity contribution in [2.75, 3.05) is 5.88 Å². The van der Waals surface area contributed by atoms with E-state index in [1.54, 1.807) is 13.8 Å². The van der Waals surface area contributed by atoms with E-state index in [0.29, 0.717) is 17.0 Å². The summed E-state index contributed by atoms with van der Waals surface area (Å²) in [5.41, 5.74) is 1.01. The summed E-state index contributed by atoms with van der Waals surface area (Å²) >= 11 is 5.44. The van der Waals surface area contributed by atoms with Crippen LogP contribution in [0.2, 0.25) is 0 Å². The zero-order valence-electron chi connectivity index (χ0n) is 5.59. The highest BCUT2D eigenvalue weighted by atomic mass is 35.5. The fourth-order valence-electron chi connectivity index (χ4n) is 0.482. The Morgan fingerprint density at radius 2 is 2.00 bits per heavy atom. The Balaban J connectivity index is 4.35. The number of rotatable bonds is 2. The monoisotopic (exact) mass is 148 g/mol. The number of allylic oxidation sites excluding steroid dienone is 2. The van der Waals surface area contributed by atoms with E-state index in [4.69, 9.17) is 22.1 Å². The quantitative estimate of drug-likeness (QED) is 0.265. The summed E-state index contributed by atoms with van der Waals surface area (Å²) in [7, 11) is 0. The van der Waals surface area contributed by atoms with Crippen molar-refractivity contribution in [2.45, 2.75) is 13.8 Å². The molecule has 0 aliphatic carbocycles. The lowest BCUT2D eigenvalue weighted by Gasteiger charge is -1.96. The van der Waals surface area contributed by atoms with Gasteiger partial charge in [0, 0.05) is 12.6 Å². The van der Waals surface area contributed by atoms with Crippen molar-refractivity contribution in [3.63, 3.8) is 0 Å². The minimum atomic E-state index is 0.269. The van der Waals surface area contributed by atoms with Gasteiger partial charge in [0.25, 0.3) is 0 Å². The zero-order chi connectivity index (χ0) is 7.44. The van der Waals surface area contributed by atoms with Crippen LogP contribution in [-0.2, 0) is 0 Å². The highest BCUT2D eigenvalue weighted by Gasteiger charge is 2.05.